The molecule has 0 spiro atoms. The van der Waals surface area contributed by atoms with Crippen molar-refractivity contribution in [2.45, 2.75) is 31.5 Å². The zero-order valence-corrected chi connectivity index (χ0v) is 11.0. The van der Waals surface area contributed by atoms with E-state index in [2.05, 4.69) is 15.0 Å². The molecule has 0 aliphatic heterocycles. The van der Waals surface area contributed by atoms with Gasteiger partial charge in [0.1, 0.15) is 5.69 Å². The second-order valence-corrected chi connectivity index (χ2v) is 4.17. The number of pyridine rings is 1. The van der Waals surface area contributed by atoms with E-state index < -0.39 is 24.6 Å². The summed E-state index contributed by atoms with van der Waals surface area (Å²) in [7, 11) is 0. The highest BCUT2D eigenvalue weighted by Gasteiger charge is 2.31. The molecule has 0 fully saturated rings. The summed E-state index contributed by atoms with van der Waals surface area (Å²) < 4.78 is 41.5. The van der Waals surface area contributed by atoms with E-state index in [1.807, 2.05) is 0 Å². The van der Waals surface area contributed by atoms with Gasteiger partial charge in [-0.25, -0.2) is 9.78 Å². The number of alkyl halides is 3. The van der Waals surface area contributed by atoms with Crippen molar-refractivity contribution in [1.29, 1.82) is 0 Å². The molecule has 9 heteroatoms. The van der Waals surface area contributed by atoms with Crippen molar-refractivity contribution in [3.8, 4) is 0 Å². The molecule has 0 aliphatic rings. The van der Waals surface area contributed by atoms with E-state index in [0.29, 0.717) is 0 Å². The fraction of sp³-hybridized carbons (Fsp3) is 0.500. The lowest BCUT2D eigenvalue weighted by molar-refractivity contribution is -0.138. The van der Waals surface area contributed by atoms with Crippen molar-refractivity contribution < 1.29 is 22.7 Å². The van der Waals surface area contributed by atoms with Gasteiger partial charge in [0.2, 0.25) is 0 Å². The smallest absolute Gasteiger partial charge is 0.389 e. The van der Waals surface area contributed by atoms with E-state index in [-0.39, 0.29) is 25.1 Å². The van der Waals surface area contributed by atoms with Gasteiger partial charge in [0, 0.05) is 17.2 Å². The number of nitrogens with zero attached hydrogens (tertiary/aromatic N) is 4. The van der Waals surface area contributed by atoms with Gasteiger partial charge in [-0.1, -0.05) is 11.2 Å². The quantitative estimate of drug-likeness (QED) is 0.253. The van der Waals surface area contributed by atoms with E-state index in [1.54, 1.807) is 12.1 Å². The van der Waals surface area contributed by atoms with E-state index in [0.717, 1.165) is 0 Å². The molecule has 1 atom stereocenters. The number of ether oxygens (including phenoxy) is 1. The van der Waals surface area contributed by atoms with Gasteiger partial charge in [-0.15, -0.1) is 0 Å². The number of hydrogen-bond acceptors (Lipinski definition) is 4. The molecule has 0 aromatic carbocycles. The highest BCUT2D eigenvalue weighted by molar-refractivity contribution is 5.87. The molecule has 0 bridgehead atoms. The van der Waals surface area contributed by atoms with Crippen LogP contribution in [0.15, 0.2) is 29.5 Å². The Morgan fingerprint density at radius 2 is 2.24 bits per heavy atom. The second-order valence-electron chi connectivity index (χ2n) is 4.17. The Morgan fingerprint density at radius 3 is 2.81 bits per heavy atom. The van der Waals surface area contributed by atoms with Gasteiger partial charge >= 0.3 is 12.1 Å². The van der Waals surface area contributed by atoms with Crippen LogP contribution in [0.25, 0.3) is 10.4 Å². The fourth-order valence-electron chi connectivity index (χ4n) is 1.58. The first kappa shape index (κ1) is 16.8. The van der Waals surface area contributed by atoms with Crippen molar-refractivity contribution in [3.05, 3.63) is 40.5 Å². The Hall–Kier alpha value is -2.28. The zero-order chi connectivity index (χ0) is 15.7. The third kappa shape index (κ3) is 7.17. The van der Waals surface area contributed by atoms with Crippen LogP contribution in [0, 0.1) is 0 Å². The summed E-state index contributed by atoms with van der Waals surface area (Å²) in [5.74, 6) is -0.647. The zero-order valence-electron chi connectivity index (χ0n) is 11.0. The van der Waals surface area contributed by atoms with Crippen molar-refractivity contribution in [2.24, 2.45) is 5.11 Å². The third-order valence-electron chi connectivity index (χ3n) is 2.47. The number of azide groups is 1. The molecule has 0 amide bonds. The van der Waals surface area contributed by atoms with Crippen molar-refractivity contribution in [3.63, 3.8) is 0 Å². The van der Waals surface area contributed by atoms with Crippen LogP contribution in [0.3, 0.4) is 0 Å². The van der Waals surface area contributed by atoms with E-state index in [4.69, 9.17) is 10.3 Å². The van der Waals surface area contributed by atoms with Gasteiger partial charge in [0.15, 0.2) is 0 Å². The first-order valence-corrected chi connectivity index (χ1v) is 6.11. The molecule has 1 rings (SSSR count). The lowest BCUT2D eigenvalue weighted by Crippen LogP contribution is -2.18. The average Bonchev–Trinajstić information content (AvgIpc) is 2.43. The lowest BCUT2D eigenvalue weighted by atomic mass is 10.1. The van der Waals surface area contributed by atoms with Crippen molar-refractivity contribution >= 4 is 5.97 Å². The molecule has 0 N–H and O–H groups in total. The van der Waals surface area contributed by atoms with Crippen molar-refractivity contribution in [1.82, 2.24) is 4.98 Å². The molecule has 0 saturated heterocycles. The van der Waals surface area contributed by atoms with Gasteiger partial charge < -0.3 is 4.74 Å². The monoisotopic (exact) mass is 302 g/mol. The number of carbonyl (C=O) groups excluding carboxylic acids is 1. The Bertz CT molecular complexity index is 501. The molecule has 1 aromatic rings. The molecule has 114 valence electrons. The third-order valence-corrected chi connectivity index (χ3v) is 2.47. The highest BCUT2D eigenvalue weighted by Crippen LogP contribution is 2.25. The minimum Gasteiger partial charge on any atom is -0.461 e. The highest BCUT2D eigenvalue weighted by atomic mass is 19.4. The Kier molecular flexibility index (Phi) is 6.48. The predicted octanol–water partition coefficient (Wildman–Crippen LogP) is 3.65. The molecule has 1 aromatic heterocycles. The van der Waals surface area contributed by atoms with Crippen LogP contribution < -0.4 is 0 Å². The first-order chi connectivity index (χ1) is 9.92. The largest absolute Gasteiger partial charge is 0.461 e. The topological polar surface area (TPSA) is 88.0 Å². The molecule has 1 unspecified atom stereocenters. The van der Waals surface area contributed by atoms with Crippen LogP contribution in [-0.4, -0.2) is 29.8 Å². The summed E-state index contributed by atoms with van der Waals surface area (Å²) >= 11 is 0. The van der Waals surface area contributed by atoms with Gasteiger partial charge in [-0.05, 0) is 30.5 Å². The van der Waals surface area contributed by atoms with Crippen LogP contribution in [0.4, 0.5) is 13.2 Å². The average molecular weight is 302 g/mol. The van der Waals surface area contributed by atoms with E-state index in [9.17, 15) is 18.0 Å². The molecular weight excluding hydrogens is 289 g/mol. The summed E-state index contributed by atoms with van der Waals surface area (Å²) in [6.45, 7) is -0.0648. The summed E-state index contributed by atoms with van der Waals surface area (Å²) in [4.78, 5) is 17.7. The van der Waals surface area contributed by atoms with Gasteiger partial charge in [0.05, 0.1) is 13.0 Å². The van der Waals surface area contributed by atoms with Crippen LogP contribution in [0.5, 0.6) is 0 Å². The maximum atomic E-state index is 12.2. The van der Waals surface area contributed by atoms with E-state index in [1.165, 1.54) is 12.3 Å². The predicted molar refractivity (Wildman–Crippen MR) is 67.4 cm³/mol. The van der Waals surface area contributed by atoms with Crippen LogP contribution in [0.1, 0.15) is 29.8 Å². The minimum atomic E-state index is -4.40. The number of rotatable bonds is 7. The van der Waals surface area contributed by atoms with Gasteiger partial charge in [-0.2, -0.15) is 13.2 Å². The maximum Gasteiger partial charge on any atom is 0.389 e. The maximum absolute atomic E-state index is 12.2. The normalized spacial score (nSPS) is 12.3. The Balaban J connectivity index is 2.34. The van der Waals surface area contributed by atoms with Crippen molar-refractivity contribution in [2.75, 3.05) is 6.61 Å². The number of esters is 1. The first-order valence-electron chi connectivity index (χ1n) is 6.11. The minimum absolute atomic E-state index is 0.0148. The fourth-order valence-corrected chi connectivity index (χ4v) is 1.58. The Morgan fingerprint density at radius 1 is 1.48 bits per heavy atom. The summed E-state index contributed by atoms with van der Waals surface area (Å²) in [5, 5.41) is 3.09. The number of halogens is 3. The van der Waals surface area contributed by atoms with Crippen LogP contribution >= 0.6 is 0 Å². The number of hydrogen-bond donors (Lipinski definition) is 0. The molecule has 21 heavy (non-hydrogen) atoms. The van der Waals surface area contributed by atoms with Crippen LogP contribution in [0.2, 0.25) is 0 Å². The molecular formula is C12H13F3N4O2. The van der Waals surface area contributed by atoms with E-state index >= 15 is 0 Å². The van der Waals surface area contributed by atoms with Gasteiger partial charge in [0.25, 0.3) is 0 Å². The van der Waals surface area contributed by atoms with Gasteiger partial charge in [-0.3, -0.25) is 0 Å². The Labute approximate surface area is 118 Å². The standard InChI is InChI=1S/C12H13F3N4O2/c13-12(14,15)8-9(18-19-16)4-3-7-21-11(20)10-5-1-2-6-17-10/h1-2,5-6,9H,3-4,7-8H2. The lowest BCUT2D eigenvalue weighted by Gasteiger charge is -2.13. The molecule has 0 saturated carbocycles. The molecule has 0 radical (unpaired) electrons. The molecule has 0 aliphatic carbocycles. The SMILES string of the molecule is [N-]=[N+]=NC(CCCOC(=O)c1ccccn1)CC(F)(F)F. The number of carbonyl (C=O) groups is 1. The summed E-state index contributed by atoms with van der Waals surface area (Å²) in [6.07, 6.45) is -4.01. The molecule has 1 heterocycles. The molecule has 6 nitrogen and oxygen atoms in total. The number of aromatic nitrogens is 1. The second kappa shape index (κ2) is 8.11. The summed E-state index contributed by atoms with van der Waals surface area (Å²) in [6, 6.07) is 3.53. The summed E-state index contributed by atoms with van der Waals surface area (Å²) in [5.41, 5.74) is 8.35. The van der Waals surface area contributed by atoms with Crippen LogP contribution in [-0.2, 0) is 4.74 Å².